The average molecular weight is 248 g/mol. The van der Waals surface area contributed by atoms with E-state index in [4.69, 9.17) is 14.3 Å². The summed E-state index contributed by atoms with van der Waals surface area (Å²) >= 11 is 0. The fourth-order valence-corrected chi connectivity index (χ4v) is 1.57. The van der Waals surface area contributed by atoms with Crippen LogP contribution in [0.5, 0.6) is 5.75 Å². The number of ether oxygens (including phenoxy) is 1. The van der Waals surface area contributed by atoms with Gasteiger partial charge in [-0.25, -0.2) is 4.79 Å². The highest BCUT2D eigenvalue weighted by molar-refractivity contribution is 5.91. The Morgan fingerprint density at radius 3 is 2.89 bits per heavy atom. The first-order chi connectivity index (χ1) is 8.63. The summed E-state index contributed by atoms with van der Waals surface area (Å²) in [4.78, 5) is 22.7. The molecule has 0 saturated heterocycles. The maximum atomic E-state index is 11.9. The lowest BCUT2D eigenvalue weighted by Gasteiger charge is -2.05. The Kier molecular flexibility index (Phi) is 3.32. The number of fused-ring (bicyclic) bond motifs is 1. The van der Waals surface area contributed by atoms with E-state index >= 15 is 0 Å². The van der Waals surface area contributed by atoms with Crippen LogP contribution in [0.2, 0.25) is 0 Å². The zero-order valence-electron chi connectivity index (χ0n) is 9.80. The summed E-state index contributed by atoms with van der Waals surface area (Å²) in [6.07, 6.45) is 1.81. The topological polar surface area (TPSA) is 76.7 Å². The van der Waals surface area contributed by atoms with Gasteiger partial charge in [-0.2, -0.15) is 0 Å². The summed E-state index contributed by atoms with van der Waals surface area (Å²) in [6, 6.07) is 4.78. The lowest BCUT2D eigenvalue weighted by atomic mass is 10.1. The van der Waals surface area contributed by atoms with Gasteiger partial charge < -0.3 is 14.3 Å². The Labute approximate surface area is 103 Å². The Hall–Kier alpha value is -2.30. The first kappa shape index (κ1) is 12.2. The van der Waals surface area contributed by atoms with Crippen LogP contribution in [-0.2, 0) is 0 Å². The lowest BCUT2D eigenvalue weighted by Crippen LogP contribution is -2.14. The SMILES string of the molecule is CCCOc1ccc2occ(C(=O)O)c(=O)c2c1. The van der Waals surface area contributed by atoms with E-state index in [1.165, 1.54) is 6.07 Å². The van der Waals surface area contributed by atoms with Crippen molar-refractivity contribution in [3.63, 3.8) is 0 Å². The van der Waals surface area contributed by atoms with Crippen LogP contribution in [0.3, 0.4) is 0 Å². The number of aromatic carboxylic acids is 1. The number of carbonyl (C=O) groups is 1. The number of benzene rings is 1. The molecule has 1 aromatic heterocycles. The first-order valence-corrected chi connectivity index (χ1v) is 5.55. The molecule has 0 amide bonds. The number of carboxylic acids is 1. The molecule has 2 rings (SSSR count). The Bertz CT molecular complexity index is 641. The van der Waals surface area contributed by atoms with Crippen molar-refractivity contribution < 1.29 is 19.1 Å². The molecular weight excluding hydrogens is 236 g/mol. The number of rotatable bonds is 4. The molecule has 0 bridgehead atoms. The van der Waals surface area contributed by atoms with Gasteiger partial charge in [0.05, 0.1) is 12.0 Å². The second-order valence-corrected chi connectivity index (χ2v) is 3.79. The molecule has 1 heterocycles. The van der Waals surface area contributed by atoms with Crippen LogP contribution in [0.4, 0.5) is 0 Å². The van der Waals surface area contributed by atoms with E-state index in [9.17, 15) is 9.59 Å². The molecule has 2 aromatic rings. The Balaban J connectivity index is 2.56. The molecule has 1 aromatic carbocycles. The highest BCUT2D eigenvalue weighted by atomic mass is 16.5. The van der Waals surface area contributed by atoms with Gasteiger partial charge in [0.25, 0.3) is 0 Å². The van der Waals surface area contributed by atoms with Crippen molar-refractivity contribution in [2.75, 3.05) is 6.61 Å². The highest BCUT2D eigenvalue weighted by Crippen LogP contribution is 2.19. The van der Waals surface area contributed by atoms with Gasteiger partial charge in [0, 0.05) is 0 Å². The van der Waals surface area contributed by atoms with Gasteiger partial charge in [-0.05, 0) is 24.6 Å². The lowest BCUT2D eigenvalue weighted by molar-refractivity contribution is 0.0693. The third kappa shape index (κ3) is 2.20. The molecule has 0 unspecified atom stereocenters. The summed E-state index contributed by atoms with van der Waals surface area (Å²) in [5.74, 6) is -0.773. The molecule has 0 radical (unpaired) electrons. The first-order valence-electron chi connectivity index (χ1n) is 5.55. The molecular formula is C13H12O5. The van der Waals surface area contributed by atoms with Crippen molar-refractivity contribution in [2.24, 2.45) is 0 Å². The molecule has 0 aliphatic heterocycles. The molecule has 0 aliphatic rings. The molecule has 5 heteroatoms. The highest BCUT2D eigenvalue weighted by Gasteiger charge is 2.13. The zero-order chi connectivity index (χ0) is 13.1. The minimum Gasteiger partial charge on any atom is -0.494 e. The summed E-state index contributed by atoms with van der Waals surface area (Å²) < 4.78 is 10.5. The molecule has 0 saturated carbocycles. The van der Waals surface area contributed by atoms with Gasteiger partial charge in [0.2, 0.25) is 5.43 Å². The predicted octanol–water partition coefficient (Wildman–Crippen LogP) is 2.28. The van der Waals surface area contributed by atoms with Crippen molar-refractivity contribution in [1.82, 2.24) is 0 Å². The van der Waals surface area contributed by atoms with E-state index in [0.29, 0.717) is 17.9 Å². The number of carboxylic acid groups (broad SMARTS) is 1. The van der Waals surface area contributed by atoms with E-state index in [0.717, 1.165) is 12.7 Å². The normalized spacial score (nSPS) is 10.5. The summed E-state index contributed by atoms with van der Waals surface area (Å²) in [5, 5.41) is 9.06. The molecule has 0 fully saturated rings. The summed E-state index contributed by atoms with van der Waals surface area (Å²) in [5.41, 5.74) is -0.602. The van der Waals surface area contributed by atoms with Crippen molar-refractivity contribution in [3.8, 4) is 5.75 Å². The van der Waals surface area contributed by atoms with Crippen molar-refractivity contribution in [2.45, 2.75) is 13.3 Å². The monoisotopic (exact) mass is 248 g/mol. The quantitative estimate of drug-likeness (QED) is 0.898. The minimum atomic E-state index is -1.30. The maximum absolute atomic E-state index is 11.9. The largest absolute Gasteiger partial charge is 0.494 e. The third-order valence-electron chi connectivity index (χ3n) is 2.45. The zero-order valence-corrected chi connectivity index (χ0v) is 9.80. The standard InChI is InChI=1S/C13H12O5/c1-2-5-17-8-3-4-11-9(6-8)12(14)10(7-18-11)13(15)16/h3-4,6-7H,2,5H2,1H3,(H,15,16). The number of hydrogen-bond donors (Lipinski definition) is 1. The van der Waals surface area contributed by atoms with Crippen LogP contribution in [-0.4, -0.2) is 17.7 Å². The van der Waals surface area contributed by atoms with Gasteiger partial charge in [0.15, 0.2) is 0 Å². The van der Waals surface area contributed by atoms with Crippen LogP contribution >= 0.6 is 0 Å². The third-order valence-corrected chi connectivity index (χ3v) is 2.45. The number of hydrogen-bond acceptors (Lipinski definition) is 4. The summed E-state index contributed by atoms with van der Waals surface area (Å²) in [6.45, 7) is 2.51. The van der Waals surface area contributed by atoms with Crippen molar-refractivity contribution in [1.29, 1.82) is 0 Å². The second-order valence-electron chi connectivity index (χ2n) is 3.79. The van der Waals surface area contributed by atoms with E-state index in [2.05, 4.69) is 0 Å². The Morgan fingerprint density at radius 2 is 2.22 bits per heavy atom. The minimum absolute atomic E-state index is 0.212. The summed E-state index contributed by atoms with van der Waals surface area (Å²) in [7, 11) is 0. The van der Waals surface area contributed by atoms with Gasteiger partial charge in [-0.15, -0.1) is 0 Å². The van der Waals surface area contributed by atoms with Crippen LogP contribution < -0.4 is 10.2 Å². The predicted molar refractivity (Wildman–Crippen MR) is 65.2 cm³/mol. The van der Waals surface area contributed by atoms with Crippen LogP contribution in [0, 0.1) is 0 Å². The Morgan fingerprint density at radius 1 is 1.44 bits per heavy atom. The fraction of sp³-hybridized carbons (Fsp3) is 0.231. The molecule has 0 atom stereocenters. The maximum Gasteiger partial charge on any atom is 0.342 e. The molecule has 5 nitrogen and oxygen atoms in total. The molecule has 0 aliphatic carbocycles. The van der Waals surface area contributed by atoms with Gasteiger partial charge >= 0.3 is 5.97 Å². The van der Waals surface area contributed by atoms with E-state index in [1.807, 2.05) is 6.92 Å². The van der Waals surface area contributed by atoms with Crippen LogP contribution in [0.1, 0.15) is 23.7 Å². The second kappa shape index (κ2) is 4.91. The van der Waals surface area contributed by atoms with Gasteiger partial charge in [-0.1, -0.05) is 6.92 Å². The van der Waals surface area contributed by atoms with Crippen molar-refractivity contribution in [3.05, 3.63) is 40.2 Å². The van der Waals surface area contributed by atoms with E-state index in [1.54, 1.807) is 12.1 Å². The van der Waals surface area contributed by atoms with Crippen LogP contribution in [0.25, 0.3) is 11.0 Å². The molecule has 1 N–H and O–H groups in total. The van der Waals surface area contributed by atoms with Crippen molar-refractivity contribution >= 4 is 16.9 Å². The fourth-order valence-electron chi connectivity index (χ4n) is 1.57. The molecule has 18 heavy (non-hydrogen) atoms. The molecule has 0 spiro atoms. The smallest absolute Gasteiger partial charge is 0.342 e. The van der Waals surface area contributed by atoms with Gasteiger partial charge in [-0.3, -0.25) is 4.79 Å². The average Bonchev–Trinajstić information content (AvgIpc) is 2.36. The van der Waals surface area contributed by atoms with Crippen LogP contribution in [0.15, 0.2) is 33.7 Å². The van der Waals surface area contributed by atoms with Gasteiger partial charge in [0.1, 0.15) is 23.2 Å². The van der Waals surface area contributed by atoms with E-state index in [-0.39, 0.29) is 10.9 Å². The van der Waals surface area contributed by atoms with E-state index < -0.39 is 11.4 Å². The molecule has 94 valence electrons.